The van der Waals surface area contributed by atoms with Crippen LogP contribution in [0.3, 0.4) is 0 Å². The Kier molecular flexibility index (Phi) is 2.95. The zero-order valence-corrected chi connectivity index (χ0v) is 7.38. The molecule has 1 aromatic rings. The van der Waals surface area contributed by atoms with Gasteiger partial charge in [-0.1, -0.05) is 23.7 Å². The SMILES string of the molecule is C[C@@H](C#[N+][O-])c1ccc(Cl)cc1. The summed E-state index contributed by atoms with van der Waals surface area (Å²) in [6, 6.07) is 9.67. The van der Waals surface area contributed by atoms with Gasteiger partial charge in [0.2, 0.25) is 0 Å². The highest BCUT2D eigenvalue weighted by Gasteiger charge is 2.06. The van der Waals surface area contributed by atoms with Gasteiger partial charge in [0, 0.05) is 10.0 Å². The minimum atomic E-state index is -0.0697. The van der Waals surface area contributed by atoms with E-state index in [1.807, 2.05) is 19.1 Å². The molecule has 0 saturated heterocycles. The standard InChI is InChI=1S/C9H8ClNO/c1-7(6-11-12)8-2-4-9(10)5-3-8/h2-5,7H,1H3/t7-/m0/s1. The molecule has 12 heavy (non-hydrogen) atoms. The average Bonchev–Trinajstić information content (AvgIpc) is 2.06. The number of nitrogens with zero attached hydrogens (tertiary/aromatic N) is 1. The number of benzene rings is 1. The summed E-state index contributed by atoms with van der Waals surface area (Å²) >= 11 is 5.69. The first-order valence-corrected chi connectivity index (χ1v) is 3.95. The molecule has 1 atom stereocenters. The third-order valence-corrected chi connectivity index (χ3v) is 1.87. The summed E-state index contributed by atoms with van der Waals surface area (Å²) in [5, 5.41) is 13.2. The molecule has 0 aliphatic carbocycles. The van der Waals surface area contributed by atoms with Crippen molar-refractivity contribution in [2.45, 2.75) is 12.8 Å². The Bertz CT molecular complexity index is 310. The predicted octanol–water partition coefficient (Wildman–Crippen LogP) is 3.27. The molecule has 62 valence electrons. The van der Waals surface area contributed by atoms with Crippen molar-refractivity contribution in [3.8, 4) is 6.07 Å². The minimum Gasteiger partial charge on any atom is -0.498 e. The summed E-state index contributed by atoms with van der Waals surface area (Å²) < 4.78 is 0. The second kappa shape index (κ2) is 3.99. The Hall–Kier alpha value is -1.20. The first-order valence-electron chi connectivity index (χ1n) is 3.57. The maximum absolute atomic E-state index is 9.87. The van der Waals surface area contributed by atoms with Crippen molar-refractivity contribution < 1.29 is 0 Å². The molecule has 0 heterocycles. The molecule has 0 bridgehead atoms. The van der Waals surface area contributed by atoms with Crippen LogP contribution in [-0.2, 0) is 0 Å². The molecule has 2 nitrogen and oxygen atoms in total. The van der Waals surface area contributed by atoms with Crippen molar-refractivity contribution in [1.29, 1.82) is 0 Å². The lowest BCUT2D eigenvalue weighted by atomic mass is 10.0. The van der Waals surface area contributed by atoms with Crippen molar-refractivity contribution in [2.24, 2.45) is 0 Å². The highest BCUT2D eigenvalue weighted by atomic mass is 35.5. The van der Waals surface area contributed by atoms with Gasteiger partial charge in [0.25, 0.3) is 0 Å². The maximum Gasteiger partial charge on any atom is 0.306 e. The van der Waals surface area contributed by atoms with Crippen LogP contribution in [0.1, 0.15) is 18.4 Å². The summed E-state index contributed by atoms with van der Waals surface area (Å²) in [5.74, 6) is -0.0697. The molecule has 0 aliphatic heterocycles. The molecular formula is C9H8ClNO. The molecule has 3 heteroatoms. The summed E-state index contributed by atoms with van der Waals surface area (Å²) in [6.07, 6.45) is 0. The molecule has 0 unspecified atom stereocenters. The van der Waals surface area contributed by atoms with E-state index in [4.69, 9.17) is 11.6 Å². The molecule has 0 aromatic heterocycles. The van der Waals surface area contributed by atoms with Crippen molar-refractivity contribution in [2.75, 3.05) is 0 Å². The van der Waals surface area contributed by atoms with Crippen LogP contribution in [0, 0.1) is 11.3 Å². The Balaban J connectivity index is 2.87. The van der Waals surface area contributed by atoms with E-state index >= 15 is 0 Å². The van der Waals surface area contributed by atoms with Crippen LogP contribution in [0.5, 0.6) is 0 Å². The molecule has 0 radical (unpaired) electrons. The van der Waals surface area contributed by atoms with Crippen molar-refractivity contribution >= 4 is 11.6 Å². The van der Waals surface area contributed by atoms with E-state index in [0.717, 1.165) is 5.56 Å². The van der Waals surface area contributed by atoms with Crippen LogP contribution >= 0.6 is 11.6 Å². The molecule has 0 fully saturated rings. The summed E-state index contributed by atoms with van der Waals surface area (Å²) in [4.78, 5) is 0. The fraction of sp³-hybridized carbons (Fsp3) is 0.222. The van der Waals surface area contributed by atoms with Gasteiger partial charge in [-0.05, 0) is 24.6 Å². The highest BCUT2D eigenvalue weighted by molar-refractivity contribution is 6.30. The monoisotopic (exact) mass is 181 g/mol. The number of rotatable bonds is 1. The number of hydrogen-bond donors (Lipinski definition) is 0. The van der Waals surface area contributed by atoms with Crippen LogP contribution in [0.4, 0.5) is 0 Å². The van der Waals surface area contributed by atoms with Crippen molar-refractivity contribution in [3.63, 3.8) is 0 Å². The van der Waals surface area contributed by atoms with Crippen LogP contribution in [0.25, 0.3) is 5.01 Å². The Labute approximate surface area is 76.2 Å². The molecular weight excluding hydrogens is 174 g/mol. The molecule has 1 aromatic carbocycles. The Morgan fingerprint density at radius 3 is 2.50 bits per heavy atom. The van der Waals surface area contributed by atoms with Gasteiger partial charge in [0.15, 0.2) is 0 Å². The fourth-order valence-corrected chi connectivity index (χ4v) is 1.03. The second-order valence-corrected chi connectivity index (χ2v) is 2.93. The molecule has 0 aliphatic rings. The van der Waals surface area contributed by atoms with Gasteiger partial charge in [0.05, 0.1) is 0 Å². The third kappa shape index (κ3) is 2.14. The summed E-state index contributed by atoms with van der Waals surface area (Å²) in [5.41, 5.74) is 0.985. The zero-order valence-electron chi connectivity index (χ0n) is 6.62. The first-order chi connectivity index (χ1) is 5.74. The van der Waals surface area contributed by atoms with Gasteiger partial charge in [-0.3, -0.25) is 0 Å². The van der Waals surface area contributed by atoms with Gasteiger partial charge in [0.1, 0.15) is 5.92 Å². The van der Waals surface area contributed by atoms with Gasteiger partial charge >= 0.3 is 6.07 Å². The number of hydrogen-bond acceptors (Lipinski definition) is 1. The smallest absolute Gasteiger partial charge is 0.306 e. The fourth-order valence-electron chi connectivity index (χ4n) is 0.905. The van der Waals surface area contributed by atoms with E-state index < -0.39 is 0 Å². The highest BCUT2D eigenvalue weighted by Crippen LogP contribution is 2.17. The quantitative estimate of drug-likeness (QED) is 0.611. The molecule has 0 saturated carbocycles. The van der Waals surface area contributed by atoms with Crippen LogP contribution in [0.2, 0.25) is 5.02 Å². The van der Waals surface area contributed by atoms with Crippen LogP contribution in [-0.4, -0.2) is 0 Å². The summed E-state index contributed by atoms with van der Waals surface area (Å²) in [7, 11) is 0. The topological polar surface area (TPSA) is 27.4 Å². The van der Waals surface area contributed by atoms with E-state index in [9.17, 15) is 5.21 Å². The minimum absolute atomic E-state index is 0.0697. The molecule has 0 N–H and O–H groups in total. The molecule has 0 spiro atoms. The van der Waals surface area contributed by atoms with Gasteiger partial charge in [-0.2, -0.15) is 0 Å². The Morgan fingerprint density at radius 1 is 1.42 bits per heavy atom. The lowest BCUT2D eigenvalue weighted by Gasteiger charge is -1.98. The average molecular weight is 182 g/mol. The van der Waals surface area contributed by atoms with Gasteiger partial charge in [-0.25, -0.2) is 0 Å². The van der Waals surface area contributed by atoms with E-state index in [-0.39, 0.29) is 5.92 Å². The lowest BCUT2D eigenvalue weighted by Crippen LogP contribution is -1.87. The normalized spacial score (nSPS) is 11.5. The summed E-state index contributed by atoms with van der Waals surface area (Å²) in [6.45, 7) is 1.85. The predicted molar refractivity (Wildman–Crippen MR) is 50.5 cm³/mol. The van der Waals surface area contributed by atoms with Crippen molar-refractivity contribution in [3.05, 3.63) is 45.1 Å². The van der Waals surface area contributed by atoms with E-state index in [2.05, 4.69) is 11.1 Å². The largest absolute Gasteiger partial charge is 0.498 e. The third-order valence-electron chi connectivity index (χ3n) is 1.62. The molecule has 1 rings (SSSR count). The van der Waals surface area contributed by atoms with Crippen molar-refractivity contribution in [1.82, 2.24) is 0 Å². The van der Waals surface area contributed by atoms with Crippen LogP contribution < -0.4 is 0 Å². The van der Waals surface area contributed by atoms with E-state index in [0.29, 0.717) is 5.02 Å². The zero-order chi connectivity index (χ0) is 8.97. The van der Waals surface area contributed by atoms with Gasteiger partial charge < -0.3 is 5.21 Å². The Morgan fingerprint density at radius 2 is 2.00 bits per heavy atom. The maximum atomic E-state index is 9.87. The van der Waals surface area contributed by atoms with E-state index in [1.165, 1.54) is 0 Å². The number of halogens is 1. The lowest BCUT2D eigenvalue weighted by molar-refractivity contribution is 1.00. The second-order valence-electron chi connectivity index (χ2n) is 2.49. The van der Waals surface area contributed by atoms with E-state index in [1.54, 1.807) is 12.1 Å². The molecule has 0 amide bonds. The first kappa shape index (κ1) is 8.89. The van der Waals surface area contributed by atoms with Crippen LogP contribution in [0.15, 0.2) is 24.3 Å². The van der Waals surface area contributed by atoms with Gasteiger partial charge in [-0.15, -0.1) is 0 Å².